The van der Waals surface area contributed by atoms with Crippen LogP contribution in [0.1, 0.15) is 38.5 Å². The largest absolute Gasteiger partial charge is 3.00 e. The van der Waals surface area contributed by atoms with Crippen molar-refractivity contribution in [2.75, 3.05) is 19.6 Å². The molecule has 15 nitrogen and oxygen atoms in total. The van der Waals surface area contributed by atoms with Crippen molar-refractivity contribution in [3.8, 4) is 0 Å². The van der Waals surface area contributed by atoms with Gasteiger partial charge in [0, 0.05) is 38.9 Å². The minimum absolute atomic E-state index is 0. The van der Waals surface area contributed by atoms with Gasteiger partial charge in [0.25, 0.3) is 0 Å². The fraction of sp³-hybridized carbons (Fsp3) is 0.600. The number of carbonyl (C=O) groups excluding carboxylic acids is 6. The predicted octanol–water partition coefficient (Wildman–Crippen LogP) is -8.41. The van der Waals surface area contributed by atoms with Gasteiger partial charge in [0.15, 0.2) is 0 Å². The van der Waals surface area contributed by atoms with Gasteiger partial charge in [-0.25, -0.2) is 0 Å². The summed E-state index contributed by atoms with van der Waals surface area (Å²) in [7, 11) is 0. The first kappa shape index (κ1) is 39.7. The van der Waals surface area contributed by atoms with Crippen LogP contribution in [0.4, 0.5) is 14.4 Å². The fourth-order valence-electron chi connectivity index (χ4n) is 1.70. The third kappa shape index (κ3) is 56.4. The average molecular weight is 489 g/mol. The Hall–Kier alpha value is -2.72. The molecule has 174 valence electrons. The Bertz CT molecular complexity index is 452. The van der Waals surface area contributed by atoms with Crippen LogP contribution < -0.4 is 46.6 Å². The molecule has 3 rings (SSSR count). The summed E-state index contributed by atoms with van der Waals surface area (Å²) in [5.41, 5.74) is 0. The van der Waals surface area contributed by atoms with Gasteiger partial charge in [0.05, 0.1) is 0 Å². The van der Waals surface area contributed by atoms with E-state index in [9.17, 15) is 14.4 Å². The van der Waals surface area contributed by atoms with Crippen molar-refractivity contribution >= 4 is 70.9 Å². The Balaban J connectivity index is -0.0000000912. The minimum atomic E-state index is -2.33. The summed E-state index contributed by atoms with van der Waals surface area (Å²) < 4.78 is 0. The number of carboxylic acid groups (broad SMARTS) is 6. The van der Waals surface area contributed by atoms with Crippen molar-refractivity contribution in [1.29, 1.82) is 0 Å². The molecule has 0 aliphatic carbocycles. The van der Waals surface area contributed by atoms with E-state index in [0.29, 0.717) is 0 Å². The summed E-state index contributed by atoms with van der Waals surface area (Å²) in [6, 6.07) is 0. The Labute approximate surface area is 204 Å². The Kier molecular flexibility index (Phi) is 35.1. The molecule has 3 saturated heterocycles. The van der Waals surface area contributed by atoms with Crippen molar-refractivity contribution in [1.82, 2.24) is 16.0 Å². The molecule has 0 radical (unpaired) electrons. The molecule has 3 amide bonds. The summed E-state index contributed by atoms with van der Waals surface area (Å²) in [5, 5.41) is 58.0. The van der Waals surface area contributed by atoms with Crippen LogP contribution in [-0.2, 0) is 14.4 Å². The minimum Gasteiger partial charge on any atom is -0.652 e. The third-order valence-electron chi connectivity index (χ3n) is 2.71. The predicted molar refractivity (Wildman–Crippen MR) is 94.4 cm³/mol. The van der Waals surface area contributed by atoms with Gasteiger partial charge in [-0.05, 0) is 37.7 Å². The SMILES string of the molecule is O=C([O-])[O-].O=C([O-])[O-].O=C([O-])[O-].O=C1CCCN1.O=C1CCCN1.O=C1CCCN1.[Al+3].[Al+3]. The smallest absolute Gasteiger partial charge is 0.652 e. The molecular formula is C15H21Al2N3O12. The molecule has 3 heterocycles. The maximum absolute atomic E-state index is 10.1. The topological polar surface area (TPSA) is 277 Å². The molecule has 0 spiro atoms. The van der Waals surface area contributed by atoms with Gasteiger partial charge in [-0.3, -0.25) is 14.4 Å². The van der Waals surface area contributed by atoms with Gasteiger partial charge in [-0.1, -0.05) is 0 Å². The number of nitrogens with one attached hydrogen (secondary N) is 3. The molecule has 3 N–H and O–H groups in total. The summed E-state index contributed by atoms with van der Waals surface area (Å²) in [6.07, 6.45) is -1.71. The van der Waals surface area contributed by atoms with Crippen molar-refractivity contribution in [2.24, 2.45) is 0 Å². The van der Waals surface area contributed by atoms with Crippen LogP contribution >= 0.6 is 0 Å². The maximum Gasteiger partial charge on any atom is 3.00 e. The zero-order chi connectivity index (χ0) is 23.9. The van der Waals surface area contributed by atoms with Crippen LogP contribution in [0.3, 0.4) is 0 Å². The average Bonchev–Trinajstić information content (AvgIpc) is 3.32. The molecule has 32 heavy (non-hydrogen) atoms. The molecule has 3 aliphatic rings. The molecular weight excluding hydrogens is 468 g/mol. The second-order valence-corrected chi connectivity index (χ2v) is 5.11. The molecule has 0 aromatic carbocycles. The molecule has 0 atom stereocenters. The van der Waals surface area contributed by atoms with Crippen LogP contribution in [0.25, 0.3) is 0 Å². The molecule has 17 heteroatoms. The first-order valence-electron chi connectivity index (χ1n) is 8.32. The second kappa shape index (κ2) is 28.3. The van der Waals surface area contributed by atoms with Gasteiger partial charge in [-0.2, -0.15) is 0 Å². The number of carbonyl (C=O) groups is 6. The van der Waals surface area contributed by atoms with E-state index >= 15 is 0 Å². The molecule has 0 saturated carbocycles. The van der Waals surface area contributed by atoms with E-state index in [1.165, 1.54) is 0 Å². The van der Waals surface area contributed by atoms with E-state index in [1.54, 1.807) is 0 Å². The zero-order valence-electron chi connectivity index (χ0n) is 16.9. The van der Waals surface area contributed by atoms with Crippen LogP contribution in [0.2, 0.25) is 0 Å². The molecule has 0 aromatic rings. The van der Waals surface area contributed by atoms with Crippen molar-refractivity contribution in [2.45, 2.75) is 38.5 Å². The van der Waals surface area contributed by atoms with E-state index in [4.69, 9.17) is 45.0 Å². The molecule has 0 bridgehead atoms. The molecule has 3 fully saturated rings. The Morgan fingerprint density at radius 2 is 0.656 bits per heavy atom. The number of amides is 3. The van der Waals surface area contributed by atoms with Gasteiger partial charge in [0.2, 0.25) is 17.7 Å². The Morgan fingerprint density at radius 3 is 0.688 bits per heavy atom. The number of hydrogen-bond donors (Lipinski definition) is 3. The van der Waals surface area contributed by atoms with E-state index < -0.39 is 18.5 Å². The first-order valence-corrected chi connectivity index (χ1v) is 8.32. The quantitative estimate of drug-likeness (QED) is 0.267. The van der Waals surface area contributed by atoms with E-state index in [2.05, 4.69) is 16.0 Å². The second-order valence-electron chi connectivity index (χ2n) is 5.11. The van der Waals surface area contributed by atoms with E-state index in [1.807, 2.05) is 0 Å². The summed E-state index contributed by atoms with van der Waals surface area (Å²) in [5.74, 6) is 0.611. The van der Waals surface area contributed by atoms with Gasteiger partial charge in [-0.15, -0.1) is 0 Å². The Morgan fingerprint density at radius 1 is 0.500 bits per heavy atom. The van der Waals surface area contributed by atoms with Gasteiger partial charge < -0.3 is 61.0 Å². The molecule has 0 unspecified atom stereocenters. The van der Waals surface area contributed by atoms with Crippen LogP contribution in [0.15, 0.2) is 0 Å². The molecule has 0 aromatic heterocycles. The summed E-state index contributed by atoms with van der Waals surface area (Å²) >= 11 is 0. The van der Waals surface area contributed by atoms with Crippen molar-refractivity contribution < 1.29 is 59.4 Å². The van der Waals surface area contributed by atoms with Gasteiger partial charge in [0.1, 0.15) is 0 Å². The zero-order valence-corrected chi connectivity index (χ0v) is 19.2. The van der Waals surface area contributed by atoms with Crippen molar-refractivity contribution in [3.63, 3.8) is 0 Å². The monoisotopic (exact) mass is 489 g/mol. The third-order valence-corrected chi connectivity index (χ3v) is 2.71. The van der Waals surface area contributed by atoms with Gasteiger partial charge >= 0.3 is 34.7 Å². The standard InChI is InChI=1S/3C4H7NO.3CH2O3.2Al/c3*6-4-2-1-3-5-4;3*2-1(3)4;;/h3*1-3H2,(H,5,6);3*(H2,2,3,4);;/q;;;;;;2*+3/p-6. The number of rotatable bonds is 0. The first-order chi connectivity index (χ1) is 13.9. The van der Waals surface area contributed by atoms with Crippen LogP contribution in [0.5, 0.6) is 0 Å². The summed E-state index contributed by atoms with van der Waals surface area (Å²) in [6.45, 7) is 2.66. The maximum atomic E-state index is 10.1. The van der Waals surface area contributed by atoms with E-state index in [-0.39, 0.29) is 52.4 Å². The van der Waals surface area contributed by atoms with E-state index in [0.717, 1.165) is 58.2 Å². The summed E-state index contributed by atoms with van der Waals surface area (Å²) in [4.78, 5) is 55.4. The van der Waals surface area contributed by atoms with Crippen LogP contribution in [-0.4, -0.2) is 90.5 Å². The number of hydrogen-bond acceptors (Lipinski definition) is 12. The van der Waals surface area contributed by atoms with Crippen LogP contribution in [0, 0.1) is 0 Å². The molecule has 3 aliphatic heterocycles. The van der Waals surface area contributed by atoms with Crippen molar-refractivity contribution in [3.05, 3.63) is 0 Å². The normalized spacial score (nSPS) is 14.1. The fourth-order valence-corrected chi connectivity index (χ4v) is 1.70.